The Bertz CT molecular complexity index is 761. The number of sulfonamides is 1. The molecule has 112 valence electrons. The minimum atomic E-state index is -3.93. The molecule has 21 heavy (non-hydrogen) atoms. The molecule has 8 nitrogen and oxygen atoms in total. The van der Waals surface area contributed by atoms with Gasteiger partial charge in [-0.3, -0.25) is 10.1 Å². The zero-order chi connectivity index (χ0) is 15.6. The maximum atomic E-state index is 12.2. The van der Waals surface area contributed by atoms with Gasteiger partial charge in [-0.25, -0.2) is 18.1 Å². The lowest BCUT2D eigenvalue weighted by Crippen LogP contribution is -2.27. The number of benzene rings is 1. The fraction of sp³-hybridized carbons (Fsp3) is 0.182. The predicted molar refractivity (Wildman–Crippen MR) is 75.4 cm³/mol. The van der Waals surface area contributed by atoms with E-state index >= 15 is 0 Å². The Kier molecular flexibility index (Phi) is 4.26. The summed E-state index contributed by atoms with van der Waals surface area (Å²) in [6, 6.07) is 2.68. The minimum Gasteiger partial charge on any atom is -0.347 e. The van der Waals surface area contributed by atoms with Crippen molar-refractivity contribution >= 4 is 27.3 Å². The van der Waals surface area contributed by atoms with Crippen molar-refractivity contribution in [2.45, 2.75) is 17.9 Å². The molecule has 0 saturated heterocycles. The van der Waals surface area contributed by atoms with E-state index in [0.29, 0.717) is 5.82 Å². The molecule has 1 aromatic carbocycles. The summed E-state index contributed by atoms with van der Waals surface area (Å²) in [7, 11) is -3.93. The van der Waals surface area contributed by atoms with Crippen LogP contribution in [0, 0.1) is 10.1 Å². The van der Waals surface area contributed by atoms with E-state index < -0.39 is 26.7 Å². The molecule has 0 amide bonds. The molecule has 0 aliphatic heterocycles. The molecule has 2 aromatic rings. The summed E-state index contributed by atoms with van der Waals surface area (Å²) in [5.41, 5.74) is -0.467. The smallest absolute Gasteiger partial charge is 0.289 e. The number of aromatic nitrogens is 2. The Labute approximate surface area is 125 Å². The van der Waals surface area contributed by atoms with Crippen LogP contribution in [0.25, 0.3) is 0 Å². The normalized spacial score (nSPS) is 13.0. The highest BCUT2D eigenvalue weighted by Crippen LogP contribution is 2.27. The van der Waals surface area contributed by atoms with Crippen LogP contribution in [-0.4, -0.2) is 23.3 Å². The van der Waals surface area contributed by atoms with Gasteiger partial charge in [-0.15, -0.1) is 0 Å². The van der Waals surface area contributed by atoms with Crippen LogP contribution in [0.4, 0.5) is 5.69 Å². The van der Waals surface area contributed by atoms with Crippen LogP contribution in [0.15, 0.2) is 35.5 Å². The molecule has 1 unspecified atom stereocenters. The molecule has 0 aliphatic carbocycles. The van der Waals surface area contributed by atoms with Crippen LogP contribution < -0.4 is 4.72 Å². The quantitative estimate of drug-likeness (QED) is 0.642. The van der Waals surface area contributed by atoms with E-state index in [1.54, 1.807) is 13.1 Å². The first-order valence-electron chi connectivity index (χ1n) is 5.77. The molecule has 1 atom stereocenters. The van der Waals surface area contributed by atoms with Crippen molar-refractivity contribution in [2.75, 3.05) is 0 Å². The fourth-order valence-corrected chi connectivity index (χ4v) is 3.08. The van der Waals surface area contributed by atoms with Crippen molar-refractivity contribution in [3.63, 3.8) is 0 Å². The zero-order valence-electron chi connectivity index (χ0n) is 10.8. The van der Waals surface area contributed by atoms with Crippen LogP contribution >= 0.6 is 11.6 Å². The molecular formula is C11H11ClN4O4S. The van der Waals surface area contributed by atoms with Crippen LogP contribution in [0.2, 0.25) is 5.02 Å². The zero-order valence-corrected chi connectivity index (χ0v) is 12.4. The number of H-pyrrole nitrogens is 1. The summed E-state index contributed by atoms with van der Waals surface area (Å²) in [4.78, 5) is 16.5. The average molecular weight is 331 g/mol. The van der Waals surface area contributed by atoms with Gasteiger partial charge >= 0.3 is 0 Å². The Morgan fingerprint density at radius 2 is 2.19 bits per heavy atom. The van der Waals surface area contributed by atoms with Gasteiger partial charge in [0, 0.05) is 18.5 Å². The molecule has 10 heteroatoms. The number of nitro groups is 1. The number of hydrogen-bond donors (Lipinski definition) is 2. The monoisotopic (exact) mass is 330 g/mol. The Balaban J connectivity index is 2.32. The number of hydrogen-bond acceptors (Lipinski definition) is 5. The summed E-state index contributed by atoms with van der Waals surface area (Å²) in [5.74, 6) is 0.432. The first-order chi connectivity index (χ1) is 9.81. The molecule has 0 aliphatic rings. The van der Waals surface area contributed by atoms with Gasteiger partial charge in [-0.2, -0.15) is 0 Å². The van der Waals surface area contributed by atoms with Crippen molar-refractivity contribution in [1.29, 1.82) is 0 Å². The van der Waals surface area contributed by atoms with Crippen molar-refractivity contribution in [2.24, 2.45) is 0 Å². The van der Waals surface area contributed by atoms with Gasteiger partial charge in [-0.1, -0.05) is 11.6 Å². The lowest BCUT2D eigenvalue weighted by Gasteiger charge is -2.12. The number of nitrogens with zero attached hydrogens (tertiary/aromatic N) is 2. The third-order valence-corrected chi connectivity index (χ3v) is 4.54. The SMILES string of the molecule is CC(NS(=O)(=O)c1ccc(Cl)c([N+](=O)[O-])c1)c1ncc[nH]1. The molecule has 0 radical (unpaired) electrons. The number of nitro benzene ring substituents is 1. The van der Waals surface area contributed by atoms with Gasteiger partial charge in [-0.05, 0) is 19.1 Å². The maximum absolute atomic E-state index is 12.2. The highest BCUT2D eigenvalue weighted by Gasteiger charge is 2.23. The van der Waals surface area contributed by atoms with Crippen molar-refractivity contribution < 1.29 is 13.3 Å². The summed E-state index contributed by atoms with van der Waals surface area (Å²) in [6.07, 6.45) is 3.06. The van der Waals surface area contributed by atoms with Gasteiger partial charge in [0.15, 0.2) is 0 Å². The topological polar surface area (TPSA) is 118 Å². The van der Waals surface area contributed by atoms with Crippen molar-refractivity contribution in [3.8, 4) is 0 Å². The lowest BCUT2D eigenvalue weighted by molar-refractivity contribution is -0.384. The number of aromatic amines is 1. The molecule has 1 heterocycles. The second-order valence-electron chi connectivity index (χ2n) is 4.19. The summed E-state index contributed by atoms with van der Waals surface area (Å²) >= 11 is 5.66. The minimum absolute atomic E-state index is 0.127. The van der Waals surface area contributed by atoms with E-state index in [4.69, 9.17) is 11.6 Å². The highest BCUT2D eigenvalue weighted by atomic mass is 35.5. The van der Waals surface area contributed by atoms with Crippen molar-refractivity contribution in [3.05, 3.63) is 51.6 Å². The van der Waals surface area contributed by atoms with E-state index in [-0.39, 0.29) is 9.92 Å². The Morgan fingerprint density at radius 3 is 2.76 bits per heavy atom. The fourth-order valence-electron chi connectivity index (χ4n) is 1.67. The predicted octanol–water partition coefficient (Wildman–Crippen LogP) is 2.01. The van der Waals surface area contributed by atoms with E-state index in [0.717, 1.165) is 6.07 Å². The van der Waals surface area contributed by atoms with Gasteiger partial charge in [0.25, 0.3) is 5.69 Å². The van der Waals surface area contributed by atoms with Gasteiger partial charge < -0.3 is 4.98 Å². The lowest BCUT2D eigenvalue weighted by atomic mass is 10.3. The Hall–Kier alpha value is -1.97. The van der Waals surface area contributed by atoms with Crippen LogP contribution in [0.5, 0.6) is 0 Å². The third kappa shape index (κ3) is 3.38. The van der Waals surface area contributed by atoms with Crippen LogP contribution in [-0.2, 0) is 10.0 Å². The van der Waals surface area contributed by atoms with Gasteiger partial charge in [0.2, 0.25) is 10.0 Å². The Morgan fingerprint density at radius 1 is 1.48 bits per heavy atom. The van der Waals surface area contributed by atoms with E-state index in [9.17, 15) is 18.5 Å². The second kappa shape index (κ2) is 5.80. The summed E-state index contributed by atoms with van der Waals surface area (Å²) in [6.45, 7) is 1.60. The van der Waals surface area contributed by atoms with E-state index in [1.807, 2.05) is 0 Å². The average Bonchev–Trinajstić information content (AvgIpc) is 2.92. The molecule has 0 spiro atoms. The van der Waals surface area contributed by atoms with Gasteiger partial charge in [0.1, 0.15) is 10.8 Å². The number of nitrogens with one attached hydrogen (secondary N) is 2. The molecule has 1 aromatic heterocycles. The largest absolute Gasteiger partial charge is 0.347 e. The third-order valence-electron chi connectivity index (χ3n) is 2.69. The van der Waals surface area contributed by atoms with Crippen molar-refractivity contribution in [1.82, 2.24) is 14.7 Å². The highest BCUT2D eigenvalue weighted by molar-refractivity contribution is 7.89. The molecule has 2 N–H and O–H groups in total. The van der Waals surface area contributed by atoms with Crippen LogP contribution in [0.3, 0.4) is 0 Å². The molecule has 0 saturated carbocycles. The van der Waals surface area contributed by atoms with Crippen LogP contribution in [0.1, 0.15) is 18.8 Å². The van der Waals surface area contributed by atoms with E-state index in [1.165, 1.54) is 18.3 Å². The molecule has 0 bridgehead atoms. The standard InChI is InChI=1S/C11H11ClN4O4S/c1-7(11-13-4-5-14-11)15-21(19,20)8-2-3-9(12)10(6-8)16(17)18/h2-7,15H,1H3,(H,13,14). The summed E-state index contributed by atoms with van der Waals surface area (Å²) in [5, 5.41) is 10.7. The summed E-state index contributed by atoms with van der Waals surface area (Å²) < 4.78 is 26.8. The number of halogens is 1. The van der Waals surface area contributed by atoms with E-state index in [2.05, 4.69) is 14.7 Å². The molecular weight excluding hydrogens is 320 g/mol. The number of imidazole rings is 1. The first-order valence-corrected chi connectivity index (χ1v) is 7.63. The second-order valence-corrected chi connectivity index (χ2v) is 6.31. The van der Waals surface area contributed by atoms with Gasteiger partial charge in [0.05, 0.1) is 15.9 Å². The molecule has 0 fully saturated rings. The maximum Gasteiger partial charge on any atom is 0.289 e. The molecule has 2 rings (SSSR count). The first kappa shape index (κ1) is 15.4. The number of rotatable bonds is 5.